The number of hydrogen-bond acceptors (Lipinski definition) is 5. The first-order chi connectivity index (χ1) is 10.0. The van der Waals surface area contributed by atoms with E-state index in [1.807, 2.05) is 53.4 Å². The average Bonchev–Trinajstić information content (AvgIpc) is 2.45. The van der Waals surface area contributed by atoms with Crippen molar-refractivity contribution in [3.05, 3.63) is 48.5 Å². The first-order valence-corrected chi connectivity index (χ1v) is 8.34. The zero-order valence-electron chi connectivity index (χ0n) is 11.5. The molecule has 0 aromatic heterocycles. The molecule has 1 aliphatic heterocycles. The van der Waals surface area contributed by atoms with E-state index >= 15 is 0 Å². The molecular weight excluding hydrogens is 292 g/mol. The fraction of sp³-hybridized carbons (Fsp3) is 0.200. The summed E-state index contributed by atoms with van der Waals surface area (Å²) in [6.45, 7) is 0.506. The molecule has 0 atom stereocenters. The molecule has 0 saturated heterocycles. The average molecular weight is 307 g/mol. The van der Waals surface area contributed by atoms with Crippen molar-refractivity contribution in [1.29, 1.82) is 0 Å². The molecule has 0 N–H and O–H groups in total. The minimum Gasteiger partial charge on any atom is -0.453 e. The number of fused-ring (bicyclic) bond motifs is 2. The van der Waals surface area contributed by atoms with Crippen LogP contribution in [0.2, 0.25) is 0 Å². The van der Waals surface area contributed by atoms with Gasteiger partial charge in [0.25, 0.3) is 10.1 Å². The molecule has 2 aromatic carbocycles. The van der Waals surface area contributed by atoms with Crippen molar-refractivity contribution in [2.45, 2.75) is 0 Å². The van der Waals surface area contributed by atoms with Crippen LogP contribution in [-0.2, 0) is 14.3 Å². The van der Waals surface area contributed by atoms with Crippen molar-refractivity contribution < 1.29 is 17.3 Å². The van der Waals surface area contributed by atoms with E-state index in [9.17, 15) is 8.42 Å². The number of ether oxygens (including phenoxy) is 1. The highest BCUT2D eigenvalue weighted by Crippen LogP contribution is 2.45. The van der Waals surface area contributed by atoms with E-state index in [2.05, 4.69) is 0 Å². The van der Waals surface area contributed by atoms with Crippen molar-refractivity contribution in [2.24, 2.45) is 0 Å². The highest BCUT2D eigenvalue weighted by molar-refractivity contribution is 7.85. The van der Waals surface area contributed by atoms with Crippen molar-refractivity contribution in [2.75, 3.05) is 24.3 Å². The van der Waals surface area contributed by atoms with Crippen LogP contribution in [0.4, 0.5) is 11.4 Å². The summed E-state index contributed by atoms with van der Waals surface area (Å²) in [5.74, 6) is 1.49. The van der Waals surface area contributed by atoms with Gasteiger partial charge in [0.15, 0.2) is 11.5 Å². The molecule has 2 aromatic rings. The zero-order chi connectivity index (χ0) is 14.9. The van der Waals surface area contributed by atoms with Gasteiger partial charge in [-0.15, -0.1) is 0 Å². The summed E-state index contributed by atoms with van der Waals surface area (Å²) in [6.07, 6.45) is 1.05. The Morgan fingerprint density at radius 1 is 1.05 bits per heavy atom. The molecule has 0 unspecified atom stereocenters. The van der Waals surface area contributed by atoms with Crippen LogP contribution in [0, 0.1) is 0 Å². The third kappa shape index (κ3) is 3.01. The fourth-order valence-electron chi connectivity index (χ4n) is 2.30. The lowest BCUT2D eigenvalue weighted by Gasteiger charge is -2.32. The molecule has 0 spiro atoms. The van der Waals surface area contributed by atoms with E-state index in [-0.39, 0.29) is 6.61 Å². The van der Waals surface area contributed by atoms with E-state index in [4.69, 9.17) is 8.92 Å². The second-order valence-electron chi connectivity index (χ2n) is 4.72. The number of hydrogen-bond donors (Lipinski definition) is 0. The van der Waals surface area contributed by atoms with Gasteiger partial charge in [0.2, 0.25) is 0 Å². The van der Waals surface area contributed by atoms with Crippen molar-refractivity contribution >= 4 is 21.5 Å². The van der Waals surface area contributed by atoms with Crippen LogP contribution in [0.5, 0.6) is 11.5 Å². The maximum Gasteiger partial charge on any atom is 0.264 e. The summed E-state index contributed by atoms with van der Waals surface area (Å²) < 4.78 is 32.9. The van der Waals surface area contributed by atoms with Gasteiger partial charge >= 0.3 is 0 Å². The van der Waals surface area contributed by atoms with Gasteiger partial charge in [-0.05, 0) is 24.3 Å². The van der Waals surface area contributed by atoms with Gasteiger partial charge in [-0.2, -0.15) is 8.42 Å². The predicted molar refractivity (Wildman–Crippen MR) is 80.8 cm³/mol. The second-order valence-corrected chi connectivity index (χ2v) is 6.36. The molecule has 0 radical (unpaired) electrons. The summed E-state index contributed by atoms with van der Waals surface area (Å²) in [5, 5.41) is 0. The van der Waals surface area contributed by atoms with Gasteiger partial charge < -0.3 is 9.64 Å². The summed E-state index contributed by atoms with van der Waals surface area (Å²) in [4.78, 5) is 2.00. The summed E-state index contributed by atoms with van der Waals surface area (Å²) in [6, 6.07) is 15.3. The van der Waals surface area contributed by atoms with Gasteiger partial charge in [0, 0.05) is 6.54 Å². The molecule has 0 aliphatic carbocycles. The fourth-order valence-corrected chi connectivity index (χ4v) is 2.68. The molecule has 3 rings (SSSR count). The van der Waals surface area contributed by atoms with Gasteiger partial charge in [-0.3, -0.25) is 4.18 Å². The highest BCUT2D eigenvalue weighted by atomic mass is 32.2. The van der Waals surface area contributed by atoms with Gasteiger partial charge in [-0.1, -0.05) is 24.3 Å². The standard InChI is InChI=1S/C15H15NO4S/c1-21(17,18)19-11-10-16-12-6-2-4-8-14(12)20-15-9-5-3-7-13(15)16/h2-9H,10-11H2,1H3/i10+2. The first kappa shape index (κ1) is 13.9. The first-order valence-electron chi connectivity index (χ1n) is 6.52. The smallest absolute Gasteiger partial charge is 0.264 e. The van der Waals surface area contributed by atoms with Crippen molar-refractivity contribution in [1.82, 2.24) is 0 Å². The van der Waals surface area contributed by atoms with Crippen LogP contribution in [0.1, 0.15) is 0 Å². The predicted octanol–water partition coefficient (Wildman–Crippen LogP) is 2.91. The Hall–Kier alpha value is -2.05. The maximum absolute atomic E-state index is 11.1. The lowest BCUT2D eigenvalue weighted by molar-refractivity contribution is 0.329. The number of benzene rings is 2. The van der Waals surface area contributed by atoms with Crippen molar-refractivity contribution in [3.63, 3.8) is 0 Å². The Balaban J connectivity index is 1.91. The number of nitrogens with zero attached hydrogens (tertiary/aromatic N) is 1. The normalized spacial score (nSPS) is 13.3. The van der Waals surface area contributed by atoms with E-state index in [0.717, 1.165) is 29.1 Å². The van der Waals surface area contributed by atoms with E-state index < -0.39 is 10.1 Å². The summed E-state index contributed by atoms with van der Waals surface area (Å²) in [7, 11) is -3.44. The van der Waals surface area contributed by atoms with Crippen LogP contribution < -0.4 is 9.64 Å². The molecule has 0 amide bonds. The van der Waals surface area contributed by atoms with E-state index in [0.29, 0.717) is 6.54 Å². The largest absolute Gasteiger partial charge is 0.453 e. The Bertz CT molecular complexity index is 712. The van der Waals surface area contributed by atoms with Crippen LogP contribution in [0.15, 0.2) is 48.5 Å². The molecular formula is C15H15NO4S. The quantitative estimate of drug-likeness (QED) is 0.813. The molecule has 0 fully saturated rings. The Morgan fingerprint density at radius 3 is 2.10 bits per heavy atom. The lowest BCUT2D eigenvalue weighted by atomic mass is 10.2. The number of para-hydroxylation sites is 4. The molecule has 1 heterocycles. The Morgan fingerprint density at radius 2 is 1.57 bits per heavy atom. The third-order valence-electron chi connectivity index (χ3n) is 3.14. The minimum absolute atomic E-state index is 0.0848. The molecule has 0 saturated carbocycles. The molecule has 5 nitrogen and oxygen atoms in total. The van der Waals surface area contributed by atoms with Crippen molar-refractivity contribution in [3.8, 4) is 11.5 Å². The van der Waals surface area contributed by atoms with Crippen LogP contribution in [0.25, 0.3) is 0 Å². The number of rotatable bonds is 4. The van der Waals surface area contributed by atoms with Crippen LogP contribution in [0.3, 0.4) is 0 Å². The third-order valence-corrected chi connectivity index (χ3v) is 3.74. The molecule has 21 heavy (non-hydrogen) atoms. The molecule has 110 valence electrons. The molecule has 1 aliphatic rings. The topological polar surface area (TPSA) is 55.8 Å². The molecule has 6 heteroatoms. The summed E-state index contributed by atoms with van der Waals surface area (Å²) in [5.41, 5.74) is 1.79. The minimum atomic E-state index is -3.44. The monoisotopic (exact) mass is 307 g/mol. The highest BCUT2D eigenvalue weighted by Gasteiger charge is 2.23. The van der Waals surface area contributed by atoms with Gasteiger partial charge in [0.1, 0.15) is 0 Å². The SMILES string of the molecule is CS(=O)(=O)OC[14CH2]N1c2ccccc2Oc2ccccc21. The van der Waals surface area contributed by atoms with E-state index in [1.165, 1.54) is 0 Å². The zero-order valence-corrected chi connectivity index (χ0v) is 12.3. The Kier molecular flexibility index (Phi) is 3.57. The molecule has 0 bridgehead atoms. The van der Waals surface area contributed by atoms with Gasteiger partial charge in [0.05, 0.1) is 24.2 Å². The van der Waals surface area contributed by atoms with Gasteiger partial charge in [-0.25, -0.2) is 0 Å². The lowest BCUT2D eigenvalue weighted by Crippen LogP contribution is -2.26. The number of anilines is 2. The summed E-state index contributed by atoms with van der Waals surface area (Å²) >= 11 is 0. The maximum atomic E-state index is 11.1. The second kappa shape index (κ2) is 5.38. The Labute approximate surface area is 123 Å². The van der Waals surface area contributed by atoms with E-state index in [1.54, 1.807) is 0 Å². The van der Waals surface area contributed by atoms with Crippen LogP contribution >= 0.6 is 0 Å². The van der Waals surface area contributed by atoms with Crippen LogP contribution in [-0.4, -0.2) is 27.8 Å².